The lowest BCUT2D eigenvalue weighted by molar-refractivity contribution is -0.113. The molecule has 0 bridgehead atoms. The number of benzene rings is 1. The van der Waals surface area contributed by atoms with Crippen LogP contribution in [0.1, 0.15) is 16.6 Å². The first-order chi connectivity index (χ1) is 12.0. The van der Waals surface area contributed by atoms with E-state index in [9.17, 15) is 13.6 Å². The summed E-state index contributed by atoms with van der Waals surface area (Å²) in [5, 5.41) is 13.4. The van der Waals surface area contributed by atoms with E-state index >= 15 is 0 Å². The minimum absolute atomic E-state index is 0.00353. The van der Waals surface area contributed by atoms with Gasteiger partial charge >= 0.3 is 0 Å². The van der Waals surface area contributed by atoms with Crippen molar-refractivity contribution in [3.8, 4) is 0 Å². The normalized spacial score (nSPS) is 10.8. The van der Waals surface area contributed by atoms with Crippen LogP contribution in [0, 0.1) is 18.6 Å². The van der Waals surface area contributed by atoms with Crippen molar-refractivity contribution in [1.82, 2.24) is 15.2 Å². The Kier molecular flexibility index (Phi) is 5.39. The van der Waals surface area contributed by atoms with Crippen LogP contribution in [0.4, 0.5) is 14.5 Å². The van der Waals surface area contributed by atoms with Crippen LogP contribution in [0.25, 0.3) is 0 Å². The first-order valence-electron chi connectivity index (χ1n) is 7.10. The molecule has 0 saturated heterocycles. The Labute approximate surface area is 149 Å². The van der Waals surface area contributed by atoms with Gasteiger partial charge in [-0.05, 0) is 19.1 Å². The Hall–Kier alpha value is -2.33. The van der Waals surface area contributed by atoms with E-state index < -0.39 is 17.5 Å². The van der Waals surface area contributed by atoms with Crippen molar-refractivity contribution in [3.63, 3.8) is 0 Å². The van der Waals surface area contributed by atoms with E-state index in [1.807, 2.05) is 12.3 Å². The van der Waals surface area contributed by atoms with Crippen LogP contribution in [0.5, 0.6) is 0 Å². The molecule has 10 heteroatoms. The summed E-state index contributed by atoms with van der Waals surface area (Å²) in [6.07, 6.45) is 0.430. The van der Waals surface area contributed by atoms with Gasteiger partial charge in [-0.1, -0.05) is 11.8 Å². The summed E-state index contributed by atoms with van der Waals surface area (Å²) in [5.74, 6) is -1.98. The summed E-state index contributed by atoms with van der Waals surface area (Å²) in [6.45, 7) is 1.91. The third kappa shape index (κ3) is 4.83. The topological polar surface area (TPSA) is 80.9 Å². The molecule has 0 spiro atoms. The third-order valence-corrected chi connectivity index (χ3v) is 4.62. The predicted octanol–water partition coefficient (Wildman–Crippen LogP) is 3.43. The van der Waals surface area contributed by atoms with Gasteiger partial charge in [-0.25, -0.2) is 13.8 Å². The predicted molar refractivity (Wildman–Crippen MR) is 89.7 cm³/mol. The Bertz CT molecular complexity index is 897. The molecule has 0 atom stereocenters. The standard InChI is InChI=1S/C15H12F2N4O2S2/c1-8-18-10(6-24-8)5-14-20-21-15(23-14)25-7-13(22)19-9-2-3-11(16)12(17)4-9/h2-4,6H,5,7H2,1H3,(H,19,22). The molecule has 0 aliphatic heterocycles. The SMILES string of the molecule is Cc1nc(Cc2nnc(SCC(=O)Nc3ccc(F)c(F)c3)o2)cs1. The lowest BCUT2D eigenvalue weighted by Crippen LogP contribution is -2.14. The average molecular weight is 382 g/mol. The van der Waals surface area contributed by atoms with Crippen molar-refractivity contribution in [2.75, 3.05) is 11.1 Å². The van der Waals surface area contributed by atoms with Gasteiger partial charge in [0, 0.05) is 17.1 Å². The Morgan fingerprint density at radius 2 is 2.16 bits per heavy atom. The van der Waals surface area contributed by atoms with Crippen LogP contribution in [0.2, 0.25) is 0 Å². The highest BCUT2D eigenvalue weighted by Gasteiger charge is 2.12. The van der Waals surface area contributed by atoms with Crippen molar-refractivity contribution in [2.45, 2.75) is 18.6 Å². The van der Waals surface area contributed by atoms with Crippen molar-refractivity contribution < 1.29 is 18.0 Å². The number of hydrogen-bond donors (Lipinski definition) is 1. The quantitative estimate of drug-likeness (QED) is 0.658. The van der Waals surface area contributed by atoms with E-state index in [1.54, 1.807) is 0 Å². The zero-order valence-electron chi connectivity index (χ0n) is 13.0. The van der Waals surface area contributed by atoms with Crippen LogP contribution >= 0.6 is 23.1 Å². The van der Waals surface area contributed by atoms with E-state index in [1.165, 1.54) is 17.4 Å². The molecule has 25 heavy (non-hydrogen) atoms. The van der Waals surface area contributed by atoms with Gasteiger partial charge in [-0.2, -0.15) is 0 Å². The van der Waals surface area contributed by atoms with Crippen molar-refractivity contribution in [3.05, 3.63) is 51.8 Å². The second-order valence-electron chi connectivity index (χ2n) is 4.96. The molecular formula is C15H12F2N4O2S2. The number of anilines is 1. The summed E-state index contributed by atoms with van der Waals surface area (Å²) in [6, 6.07) is 3.14. The maximum atomic E-state index is 13.1. The maximum absolute atomic E-state index is 13.1. The second-order valence-corrected chi connectivity index (χ2v) is 6.95. The fourth-order valence-corrected chi connectivity index (χ4v) is 3.10. The molecule has 0 aliphatic rings. The minimum atomic E-state index is -1.02. The summed E-state index contributed by atoms with van der Waals surface area (Å²) >= 11 is 2.59. The first kappa shape index (κ1) is 17.5. The second kappa shape index (κ2) is 7.70. The van der Waals surface area contributed by atoms with Crippen molar-refractivity contribution >= 4 is 34.7 Å². The van der Waals surface area contributed by atoms with E-state index in [-0.39, 0.29) is 16.7 Å². The number of rotatable bonds is 6. The van der Waals surface area contributed by atoms with Crippen LogP contribution < -0.4 is 5.32 Å². The molecule has 3 aromatic rings. The zero-order valence-corrected chi connectivity index (χ0v) is 14.6. The Balaban J connectivity index is 1.51. The third-order valence-electron chi connectivity index (χ3n) is 2.98. The number of nitrogens with one attached hydrogen (secondary N) is 1. The molecule has 1 N–H and O–H groups in total. The van der Waals surface area contributed by atoms with Crippen LogP contribution in [0.15, 0.2) is 33.2 Å². The van der Waals surface area contributed by atoms with E-state index in [2.05, 4.69) is 20.5 Å². The van der Waals surface area contributed by atoms with E-state index in [0.29, 0.717) is 12.3 Å². The monoisotopic (exact) mass is 382 g/mol. The van der Waals surface area contributed by atoms with Crippen molar-refractivity contribution in [1.29, 1.82) is 0 Å². The molecule has 2 aromatic heterocycles. The average Bonchev–Trinajstić information content (AvgIpc) is 3.18. The number of hydrogen-bond acceptors (Lipinski definition) is 7. The molecule has 0 saturated carbocycles. The van der Waals surface area contributed by atoms with Crippen LogP contribution in [-0.4, -0.2) is 26.8 Å². The number of thiazole rings is 1. The zero-order chi connectivity index (χ0) is 17.8. The first-order valence-corrected chi connectivity index (χ1v) is 8.97. The molecule has 6 nitrogen and oxygen atoms in total. The largest absolute Gasteiger partial charge is 0.416 e. The van der Waals surface area contributed by atoms with Gasteiger partial charge in [-0.3, -0.25) is 4.79 Å². The number of carbonyl (C=O) groups excluding carboxylic acids is 1. The summed E-state index contributed by atoms with van der Waals surface area (Å²) in [5.41, 5.74) is 1.02. The van der Waals surface area contributed by atoms with Crippen LogP contribution in [0.3, 0.4) is 0 Å². The molecule has 0 unspecified atom stereocenters. The molecular weight excluding hydrogens is 370 g/mol. The Morgan fingerprint density at radius 3 is 2.88 bits per heavy atom. The molecule has 1 amide bonds. The number of aryl methyl sites for hydroxylation is 1. The highest BCUT2D eigenvalue weighted by molar-refractivity contribution is 7.99. The van der Waals surface area contributed by atoms with Gasteiger partial charge in [0.2, 0.25) is 11.8 Å². The van der Waals surface area contributed by atoms with Gasteiger partial charge in [-0.15, -0.1) is 21.5 Å². The van der Waals surface area contributed by atoms with E-state index in [0.717, 1.165) is 34.6 Å². The smallest absolute Gasteiger partial charge is 0.277 e. The van der Waals surface area contributed by atoms with Gasteiger partial charge < -0.3 is 9.73 Å². The number of amides is 1. The lowest BCUT2D eigenvalue weighted by atomic mass is 10.3. The molecule has 3 rings (SSSR count). The molecule has 0 aliphatic carbocycles. The Morgan fingerprint density at radius 1 is 1.32 bits per heavy atom. The summed E-state index contributed by atoms with van der Waals surface area (Å²) in [4.78, 5) is 16.1. The van der Waals surface area contributed by atoms with Gasteiger partial charge in [0.25, 0.3) is 5.22 Å². The number of halogens is 2. The molecule has 0 fully saturated rings. The number of carbonyl (C=O) groups is 1. The van der Waals surface area contributed by atoms with Gasteiger partial charge in [0.05, 0.1) is 22.9 Å². The maximum Gasteiger partial charge on any atom is 0.277 e. The molecule has 130 valence electrons. The molecule has 0 radical (unpaired) electrons. The fourth-order valence-electron chi connectivity index (χ4n) is 1.91. The highest BCUT2D eigenvalue weighted by atomic mass is 32.2. The number of aromatic nitrogens is 3. The number of thioether (sulfide) groups is 1. The van der Waals surface area contributed by atoms with Crippen molar-refractivity contribution in [2.24, 2.45) is 0 Å². The molecule has 1 aromatic carbocycles. The van der Waals surface area contributed by atoms with Gasteiger partial charge in [0.1, 0.15) is 0 Å². The van der Waals surface area contributed by atoms with E-state index in [4.69, 9.17) is 4.42 Å². The highest BCUT2D eigenvalue weighted by Crippen LogP contribution is 2.19. The minimum Gasteiger partial charge on any atom is -0.416 e. The molecule has 2 heterocycles. The summed E-state index contributed by atoms with van der Waals surface area (Å²) < 4.78 is 31.4. The lowest BCUT2D eigenvalue weighted by Gasteiger charge is -2.04. The summed E-state index contributed by atoms with van der Waals surface area (Å²) in [7, 11) is 0. The van der Waals surface area contributed by atoms with Crippen LogP contribution in [-0.2, 0) is 11.2 Å². The number of nitrogens with zero attached hydrogens (tertiary/aromatic N) is 3. The fraction of sp³-hybridized carbons (Fsp3) is 0.200. The van der Waals surface area contributed by atoms with Gasteiger partial charge in [0.15, 0.2) is 11.6 Å².